The van der Waals surface area contributed by atoms with Gasteiger partial charge in [0.2, 0.25) is 0 Å². The summed E-state index contributed by atoms with van der Waals surface area (Å²) in [6.07, 6.45) is 0.143. The summed E-state index contributed by atoms with van der Waals surface area (Å²) >= 11 is 5.78. The zero-order valence-electron chi connectivity index (χ0n) is 8.71. The van der Waals surface area contributed by atoms with Crippen LogP contribution in [0.4, 0.5) is 4.39 Å². The Morgan fingerprint density at radius 1 is 1.50 bits per heavy atom. The lowest BCUT2D eigenvalue weighted by Crippen LogP contribution is -2.16. The van der Waals surface area contributed by atoms with Crippen molar-refractivity contribution >= 4 is 17.4 Å². The summed E-state index contributed by atoms with van der Waals surface area (Å²) in [5.74, 6) is -0.525. The van der Waals surface area contributed by atoms with E-state index in [2.05, 4.69) is 0 Å². The van der Waals surface area contributed by atoms with Gasteiger partial charge in [0.1, 0.15) is 12.4 Å². The molecule has 1 aromatic carbocycles. The molecule has 3 nitrogen and oxygen atoms in total. The van der Waals surface area contributed by atoms with Crippen LogP contribution in [0, 0.1) is 5.82 Å². The SMILES string of the molecule is NCCOCC(=O)Cc1ccc(F)cc1Cl. The van der Waals surface area contributed by atoms with Gasteiger partial charge in [-0.3, -0.25) is 4.79 Å². The lowest BCUT2D eigenvalue weighted by molar-refractivity contribution is -0.122. The third kappa shape index (κ3) is 4.26. The minimum atomic E-state index is -0.416. The van der Waals surface area contributed by atoms with Crippen LogP contribution >= 0.6 is 11.6 Å². The number of hydrogen-bond donors (Lipinski definition) is 1. The van der Waals surface area contributed by atoms with Crippen LogP contribution in [-0.2, 0) is 16.0 Å². The van der Waals surface area contributed by atoms with Crippen LogP contribution in [-0.4, -0.2) is 25.5 Å². The van der Waals surface area contributed by atoms with Gasteiger partial charge in [-0.2, -0.15) is 0 Å². The molecule has 1 rings (SSSR count). The number of carbonyl (C=O) groups excluding carboxylic acids is 1. The molecule has 0 saturated heterocycles. The average Bonchev–Trinajstić information content (AvgIpc) is 2.23. The van der Waals surface area contributed by atoms with Gasteiger partial charge >= 0.3 is 0 Å². The van der Waals surface area contributed by atoms with Crippen LogP contribution in [0.1, 0.15) is 5.56 Å². The molecule has 16 heavy (non-hydrogen) atoms. The Labute approximate surface area is 98.3 Å². The highest BCUT2D eigenvalue weighted by molar-refractivity contribution is 6.31. The van der Waals surface area contributed by atoms with Crippen LogP contribution in [0.3, 0.4) is 0 Å². The van der Waals surface area contributed by atoms with E-state index in [1.807, 2.05) is 0 Å². The maximum Gasteiger partial charge on any atom is 0.162 e. The zero-order valence-corrected chi connectivity index (χ0v) is 9.47. The number of carbonyl (C=O) groups is 1. The monoisotopic (exact) mass is 245 g/mol. The summed E-state index contributed by atoms with van der Waals surface area (Å²) in [4.78, 5) is 11.4. The van der Waals surface area contributed by atoms with Crippen molar-refractivity contribution in [1.82, 2.24) is 0 Å². The van der Waals surface area contributed by atoms with Crippen molar-refractivity contribution in [3.05, 3.63) is 34.6 Å². The Hall–Kier alpha value is -0.970. The van der Waals surface area contributed by atoms with E-state index < -0.39 is 5.82 Å². The number of ether oxygens (including phenoxy) is 1. The fraction of sp³-hybridized carbons (Fsp3) is 0.364. The molecule has 0 unspecified atom stereocenters. The first-order valence-corrected chi connectivity index (χ1v) is 5.24. The molecule has 0 spiro atoms. The number of halogens is 2. The minimum absolute atomic E-state index is 0.00487. The quantitative estimate of drug-likeness (QED) is 0.774. The van der Waals surface area contributed by atoms with Crippen LogP contribution in [0.15, 0.2) is 18.2 Å². The highest BCUT2D eigenvalue weighted by Gasteiger charge is 2.08. The predicted molar refractivity (Wildman–Crippen MR) is 60.0 cm³/mol. The molecular weight excluding hydrogens is 233 g/mol. The van der Waals surface area contributed by atoms with Gasteiger partial charge < -0.3 is 10.5 Å². The highest BCUT2D eigenvalue weighted by atomic mass is 35.5. The van der Waals surface area contributed by atoms with E-state index in [1.54, 1.807) is 0 Å². The molecule has 0 aromatic heterocycles. The highest BCUT2D eigenvalue weighted by Crippen LogP contribution is 2.17. The van der Waals surface area contributed by atoms with Crippen molar-refractivity contribution in [2.45, 2.75) is 6.42 Å². The molecule has 0 heterocycles. The minimum Gasteiger partial charge on any atom is -0.372 e. The number of hydrogen-bond acceptors (Lipinski definition) is 3. The first-order chi connectivity index (χ1) is 7.63. The molecule has 0 saturated carbocycles. The second kappa shape index (κ2) is 6.58. The Morgan fingerprint density at radius 2 is 2.25 bits per heavy atom. The Balaban J connectivity index is 2.49. The van der Waals surface area contributed by atoms with E-state index in [9.17, 15) is 9.18 Å². The van der Waals surface area contributed by atoms with Crippen molar-refractivity contribution < 1.29 is 13.9 Å². The summed E-state index contributed by atoms with van der Waals surface area (Å²) < 4.78 is 17.7. The van der Waals surface area contributed by atoms with Gasteiger partial charge in [-0.05, 0) is 17.7 Å². The Kier molecular flexibility index (Phi) is 5.38. The summed E-state index contributed by atoms with van der Waals surface area (Å²) in [7, 11) is 0. The van der Waals surface area contributed by atoms with Crippen LogP contribution < -0.4 is 5.73 Å². The summed E-state index contributed by atoms with van der Waals surface area (Å²) in [6.45, 7) is 0.735. The van der Waals surface area contributed by atoms with Crippen LogP contribution in [0.5, 0.6) is 0 Å². The molecule has 0 amide bonds. The smallest absolute Gasteiger partial charge is 0.162 e. The summed E-state index contributed by atoms with van der Waals surface area (Å²) in [6, 6.07) is 3.96. The number of ketones is 1. The van der Waals surface area contributed by atoms with Gasteiger partial charge in [0.15, 0.2) is 5.78 Å². The van der Waals surface area contributed by atoms with Crippen LogP contribution in [0.25, 0.3) is 0 Å². The lowest BCUT2D eigenvalue weighted by atomic mass is 10.1. The van der Waals surface area contributed by atoms with Crippen molar-refractivity contribution in [2.75, 3.05) is 19.8 Å². The van der Waals surface area contributed by atoms with Crippen molar-refractivity contribution in [3.63, 3.8) is 0 Å². The molecule has 0 aliphatic rings. The Bertz CT molecular complexity index is 371. The standard InChI is InChI=1S/C11H13ClFNO2/c12-11-6-9(13)2-1-8(11)5-10(15)7-16-4-3-14/h1-2,6H,3-5,7,14H2. The third-order valence-corrected chi connectivity index (χ3v) is 2.28. The molecule has 5 heteroatoms. The molecule has 0 bridgehead atoms. The van der Waals surface area contributed by atoms with Gasteiger partial charge in [0.05, 0.1) is 6.61 Å². The van der Waals surface area contributed by atoms with Gasteiger partial charge in [0.25, 0.3) is 0 Å². The molecule has 0 radical (unpaired) electrons. The van der Waals surface area contributed by atoms with Gasteiger partial charge in [0, 0.05) is 18.0 Å². The number of nitrogens with two attached hydrogens (primary N) is 1. The maximum atomic E-state index is 12.7. The first-order valence-electron chi connectivity index (χ1n) is 4.87. The average molecular weight is 246 g/mol. The fourth-order valence-corrected chi connectivity index (χ4v) is 1.43. The molecule has 0 aliphatic carbocycles. The normalized spacial score (nSPS) is 10.4. The third-order valence-electron chi connectivity index (χ3n) is 1.93. The van der Waals surface area contributed by atoms with Crippen molar-refractivity contribution in [3.8, 4) is 0 Å². The van der Waals surface area contributed by atoms with Gasteiger partial charge in [-0.25, -0.2) is 4.39 Å². The van der Waals surface area contributed by atoms with Crippen molar-refractivity contribution in [1.29, 1.82) is 0 Å². The number of Topliss-reactive ketones (excluding diaryl/α,β-unsaturated/α-hetero) is 1. The van der Waals surface area contributed by atoms with E-state index in [0.29, 0.717) is 18.7 Å². The maximum absolute atomic E-state index is 12.7. The van der Waals surface area contributed by atoms with Gasteiger partial charge in [-0.15, -0.1) is 0 Å². The number of benzene rings is 1. The van der Waals surface area contributed by atoms with E-state index >= 15 is 0 Å². The molecule has 1 aromatic rings. The molecule has 0 aliphatic heterocycles. The van der Waals surface area contributed by atoms with E-state index in [4.69, 9.17) is 22.1 Å². The zero-order chi connectivity index (χ0) is 12.0. The van der Waals surface area contributed by atoms with E-state index in [-0.39, 0.29) is 23.8 Å². The van der Waals surface area contributed by atoms with Gasteiger partial charge in [-0.1, -0.05) is 17.7 Å². The molecule has 0 fully saturated rings. The van der Waals surface area contributed by atoms with Crippen molar-refractivity contribution in [2.24, 2.45) is 5.73 Å². The summed E-state index contributed by atoms with van der Waals surface area (Å²) in [5, 5.41) is 0.257. The van der Waals surface area contributed by atoms with Crippen LogP contribution in [0.2, 0.25) is 5.02 Å². The number of rotatable bonds is 6. The molecular formula is C11H13ClFNO2. The fourth-order valence-electron chi connectivity index (χ4n) is 1.20. The largest absolute Gasteiger partial charge is 0.372 e. The van der Waals surface area contributed by atoms with E-state index in [0.717, 1.165) is 0 Å². The summed E-state index contributed by atoms with van der Waals surface area (Å²) in [5.41, 5.74) is 5.81. The molecule has 88 valence electrons. The Morgan fingerprint density at radius 3 is 2.88 bits per heavy atom. The predicted octanol–water partition coefficient (Wildman–Crippen LogP) is 1.57. The van der Waals surface area contributed by atoms with E-state index in [1.165, 1.54) is 18.2 Å². The lowest BCUT2D eigenvalue weighted by Gasteiger charge is -2.04. The first kappa shape index (κ1) is 13.1. The molecule has 2 N–H and O–H groups in total. The topological polar surface area (TPSA) is 52.3 Å². The molecule has 0 atom stereocenters. The second-order valence-corrected chi connectivity index (χ2v) is 3.70. The second-order valence-electron chi connectivity index (χ2n) is 3.29.